The molecule has 23 heavy (non-hydrogen) atoms. The second-order valence-electron chi connectivity index (χ2n) is 3.99. The van der Waals surface area contributed by atoms with Crippen molar-refractivity contribution >= 4 is 17.3 Å². The molecule has 0 unspecified atom stereocenters. The molecular weight excluding hydrogens is 360 g/mol. The summed E-state index contributed by atoms with van der Waals surface area (Å²) in [7, 11) is 0. The average molecular weight is 362 g/mol. The summed E-state index contributed by atoms with van der Waals surface area (Å²) in [5.41, 5.74) is -3.11. The van der Waals surface area contributed by atoms with Crippen molar-refractivity contribution in [2.45, 2.75) is 6.18 Å². The molecule has 1 aromatic carbocycles. The van der Waals surface area contributed by atoms with Crippen LogP contribution in [0.25, 0.3) is 0 Å². The highest BCUT2D eigenvalue weighted by atomic mass is 32.1. The first kappa shape index (κ1) is 17.2. The highest BCUT2D eigenvalue weighted by Crippen LogP contribution is 2.36. The molecule has 1 aromatic heterocycles. The molecule has 2 rings (SSSR count). The van der Waals surface area contributed by atoms with Crippen molar-refractivity contribution < 1.29 is 44.7 Å². The molecule has 0 fully saturated rings. The Morgan fingerprint density at radius 3 is 1.83 bits per heavy atom. The van der Waals surface area contributed by atoms with Crippen LogP contribution >= 0.6 is 11.3 Å². The van der Waals surface area contributed by atoms with E-state index in [0.29, 0.717) is 11.4 Å². The van der Waals surface area contributed by atoms with Crippen LogP contribution in [-0.2, 0) is 6.18 Å². The second-order valence-corrected chi connectivity index (χ2v) is 4.86. The van der Waals surface area contributed by atoms with E-state index in [1.165, 1.54) is 0 Å². The molecule has 0 atom stereocenters. The molecule has 0 saturated carbocycles. The molecule has 0 bridgehead atoms. The van der Waals surface area contributed by atoms with Crippen LogP contribution in [0, 0.1) is 29.1 Å². The van der Waals surface area contributed by atoms with Crippen LogP contribution in [0.1, 0.15) is 15.9 Å². The molecule has 0 saturated heterocycles. The lowest BCUT2D eigenvalue weighted by Crippen LogP contribution is -2.17. The average Bonchev–Trinajstić information content (AvgIpc) is 2.92. The minimum Gasteiger partial charge on any atom is -0.412 e. The number of halogens is 8. The summed E-state index contributed by atoms with van der Waals surface area (Å²) in [4.78, 5) is 11.5. The predicted octanol–water partition coefficient (Wildman–Crippen LogP) is 4.68. The number of benzene rings is 1. The summed E-state index contributed by atoms with van der Waals surface area (Å²) in [6.07, 6.45) is -4.76. The quantitative estimate of drug-likeness (QED) is 0.336. The van der Waals surface area contributed by atoms with Gasteiger partial charge in [0.2, 0.25) is 5.82 Å². The number of hydrogen-bond acceptors (Lipinski definition) is 3. The van der Waals surface area contributed by atoms with Crippen LogP contribution in [0.5, 0.6) is 5.06 Å². The number of esters is 1. The SMILES string of the molecule is O=C(Oc1cc(C(F)(F)F)cs1)c1c(F)c(F)c(F)c(F)c1F. The maximum absolute atomic E-state index is 13.4. The lowest BCUT2D eigenvalue weighted by molar-refractivity contribution is -0.137. The van der Waals surface area contributed by atoms with Gasteiger partial charge in [-0.3, -0.25) is 0 Å². The van der Waals surface area contributed by atoms with Gasteiger partial charge in [-0.1, -0.05) is 0 Å². The Labute approximate surface area is 125 Å². The van der Waals surface area contributed by atoms with Crippen LogP contribution in [-0.4, -0.2) is 5.97 Å². The molecule has 0 spiro atoms. The second kappa shape index (κ2) is 5.80. The van der Waals surface area contributed by atoms with E-state index < -0.39 is 57.4 Å². The fourth-order valence-corrected chi connectivity index (χ4v) is 2.21. The van der Waals surface area contributed by atoms with Crippen LogP contribution in [0.15, 0.2) is 11.4 Å². The third-order valence-electron chi connectivity index (χ3n) is 2.51. The smallest absolute Gasteiger partial charge is 0.412 e. The van der Waals surface area contributed by atoms with E-state index in [2.05, 4.69) is 4.74 Å². The van der Waals surface area contributed by atoms with E-state index in [-0.39, 0.29) is 11.3 Å². The Balaban J connectivity index is 2.37. The Hall–Kier alpha value is -2.17. The van der Waals surface area contributed by atoms with Crippen molar-refractivity contribution in [3.8, 4) is 5.06 Å². The Kier molecular flexibility index (Phi) is 4.33. The molecule has 0 aliphatic rings. The van der Waals surface area contributed by atoms with Crippen molar-refractivity contribution in [2.24, 2.45) is 0 Å². The van der Waals surface area contributed by atoms with Crippen molar-refractivity contribution in [1.82, 2.24) is 0 Å². The Morgan fingerprint density at radius 1 is 0.913 bits per heavy atom. The number of carbonyl (C=O) groups is 1. The topological polar surface area (TPSA) is 26.3 Å². The standard InChI is InChI=1S/C12H2F8O2S/c13-6-5(7(14)9(16)10(17)8(6)15)11(21)22-4-1-3(2-23-4)12(18,19)20/h1-2H. The van der Waals surface area contributed by atoms with E-state index in [1.54, 1.807) is 0 Å². The molecule has 2 aromatic rings. The number of hydrogen-bond donors (Lipinski definition) is 0. The highest BCUT2D eigenvalue weighted by molar-refractivity contribution is 7.12. The van der Waals surface area contributed by atoms with Gasteiger partial charge < -0.3 is 4.74 Å². The molecule has 124 valence electrons. The minimum absolute atomic E-state index is 0.253. The zero-order valence-electron chi connectivity index (χ0n) is 10.4. The van der Waals surface area contributed by atoms with Crippen LogP contribution in [0.2, 0.25) is 0 Å². The van der Waals surface area contributed by atoms with Gasteiger partial charge in [0.1, 0.15) is 5.56 Å². The van der Waals surface area contributed by atoms with E-state index >= 15 is 0 Å². The molecule has 0 radical (unpaired) electrons. The van der Waals surface area contributed by atoms with Crippen molar-refractivity contribution in [1.29, 1.82) is 0 Å². The molecule has 0 amide bonds. The minimum atomic E-state index is -4.76. The summed E-state index contributed by atoms with van der Waals surface area (Å²) in [5, 5.41) is -0.187. The molecule has 11 heteroatoms. The van der Waals surface area contributed by atoms with Gasteiger partial charge in [0.15, 0.2) is 28.3 Å². The maximum Gasteiger partial charge on any atom is 0.417 e. The molecule has 0 aliphatic carbocycles. The maximum atomic E-state index is 13.4. The van der Waals surface area contributed by atoms with Gasteiger partial charge >= 0.3 is 12.1 Å². The summed E-state index contributed by atoms with van der Waals surface area (Å²) >= 11 is 0.253. The fraction of sp³-hybridized carbons (Fsp3) is 0.0833. The van der Waals surface area contributed by atoms with Gasteiger partial charge in [0.05, 0.1) is 5.56 Å². The number of alkyl halides is 3. The first-order valence-electron chi connectivity index (χ1n) is 5.43. The highest BCUT2D eigenvalue weighted by Gasteiger charge is 2.34. The van der Waals surface area contributed by atoms with E-state index in [0.717, 1.165) is 0 Å². The molecule has 0 aliphatic heterocycles. The summed E-state index contributed by atoms with van der Waals surface area (Å²) in [6.45, 7) is 0. The zero-order chi connectivity index (χ0) is 17.5. The Morgan fingerprint density at radius 2 is 1.39 bits per heavy atom. The lowest BCUT2D eigenvalue weighted by atomic mass is 10.1. The van der Waals surface area contributed by atoms with E-state index in [1.807, 2.05) is 0 Å². The van der Waals surface area contributed by atoms with Crippen LogP contribution in [0.3, 0.4) is 0 Å². The van der Waals surface area contributed by atoms with Crippen molar-refractivity contribution in [2.75, 3.05) is 0 Å². The van der Waals surface area contributed by atoms with Gasteiger partial charge in [0.25, 0.3) is 0 Å². The third kappa shape index (κ3) is 3.14. The number of carbonyl (C=O) groups excluding carboxylic acids is 1. The number of ether oxygens (including phenoxy) is 1. The molecule has 1 heterocycles. The lowest BCUT2D eigenvalue weighted by Gasteiger charge is -2.07. The number of thiophene rings is 1. The van der Waals surface area contributed by atoms with Crippen LogP contribution < -0.4 is 4.74 Å². The molecule has 2 nitrogen and oxygen atoms in total. The first-order valence-corrected chi connectivity index (χ1v) is 6.31. The monoisotopic (exact) mass is 362 g/mol. The van der Waals surface area contributed by atoms with Gasteiger partial charge in [-0.25, -0.2) is 26.7 Å². The van der Waals surface area contributed by atoms with Crippen molar-refractivity contribution in [3.05, 3.63) is 51.7 Å². The zero-order valence-corrected chi connectivity index (χ0v) is 11.2. The largest absolute Gasteiger partial charge is 0.417 e. The summed E-state index contributed by atoms with van der Waals surface area (Å²) in [5.74, 6) is -14.1. The first-order chi connectivity index (χ1) is 10.5. The molecular formula is C12H2F8O2S. The van der Waals surface area contributed by atoms with Gasteiger partial charge in [-0.2, -0.15) is 13.2 Å². The Bertz CT molecular complexity index is 751. The van der Waals surface area contributed by atoms with Gasteiger partial charge in [0, 0.05) is 11.4 Å². The van der Waals surface area contributed by atoms with Crippen LogP contribution in [0.4, 0.5) is 35.1 Å². The summed E-state index contributed by atoms with van der Waals surface area (Å²) < 4.78 is 107. The summed E-state index contributed by atoms with van der Waals surface area (Å²) in [6, 6.07) is 0.342. The predicted molar refractivity (Wildman–Crippen MR) is 60.5 cm³/mol. The van der Waals surface area contributed by atoms with Crippen molar-refractivity contribution in [3.63, 3.8) is 0 Å². The van der Waals surface area contributed by atoms with E-state index in [4.69, 9.17) is 0 Å². The van der Waals surface area contributed by atoms with E-state index in [9.17, 15) is 39.9 Å². The number of rotatable bonds is 2. The van der Waals surface area contributed by atoms with Gasteiger partial charge in [-0.15, -0.1) is 11.3 Å². The normalized spacial score (nSPS) is 11.7. The molecule has 0 N–H and O–H groups in total. The van der Waals surface area contributed by atoms with Gasteiger partial charge in [-0.05, 0) is 0 Å². The third-order valence-corrected chi connectivity index (χ3v) is 3.32. The fourth-order valence-electron chi connectivity index (χ4n) is 1.45.